The van der Waals surface area contributed by atoms with Gasteiger partial charge in [-0.1, -0.05) is 30.3 Å². The maximum atomic E-state index is 12.9. The zero-order chi connectivity index (χ0) is 24.9. The fraction of sp³-hybridized carbons (Fsp3) is 0.185. The lowest BCUT2D eigenvalue weighted by molar-refractivity contribution is -0.119. The van der Waals surface area contributed by atoms with Gasteiger partial charge in [0, 0.05) is 12.2 Å². The van der Waals surface area contributed by atoms with Crippen LogP contribution in [-0.2, 0) is 16.0 Å². The van der Waals surface area contributed by atoms with E-state index in [-0.39, 0.29) is 23.2 Å². The third-order valence-electron chi connectivity index (χ3n) is 5.74. The maximum Gasteiger partial charge on any atom is 0.338 e. The first-order valence-corrected chi connectivity index (χ1v) is 11.0. The van der Waals surface area contributed by atoms with E-state index in [9.17, 15) is 19.2 Å². The minimum Gasteiger partial charge on any atom is -0.497 e. The fourth-order valence-corrected chi connectivity index (χ4v) is 3.77. The molecule has 0 spiro atoms. The van der Waals surface area contributed by atoms with Crippen LogP contribution in [0.5, 0.6) is 5.75 Å². The number of carbonyl (C=O) groups is 4. The molecule has 3 aromatic rings. The van der Waals surface area contributed by atoms with Crippen LogP contribution in [0.1, 0.15) is 42.2 Å². The third kappa shape index (κ3) is 5.22. The number of ether oxygens (including phenoxy) is 2. The molecule has 1 aliphatic rings. The Labute approximate surface area is 202 Å². The summed E-state index contributed by atoms with van der Waals surface area (Å²) in [5.74, 6) is -1.39. The maximum absolute atomic E-state index is 12.9. The monoisotopic (exact) mass is 472 g/mol. The van der Waals surface area contributed by atoms with Gasteiger partial charge in [0.2, 0.25) is 0 Å². The average molecular weight is 472 g/mol. The first kappa shape index (κ1) is 23.7. The van der Waals surface area contributed by atoms with Gasteiger partial charge in [0.25, 0.3) is 17.7 Å². The molecule has 35 heavy (non-hydrogen) atoms. The highest BCUT2D eigenvalue weighted by Gasteiger charge is 2.35. The summed E-state index contributed by atoms with van der Waals surface area (Å²) < 4.78 is 10.2. The van der Waals surface area contributed by atoms with E-state index in [2.05, 4.69) is 5.32 Å². The van der Waals surface area contributed by atoms with Crippen LogP contribution in [0.15, 0.2) is 66.7 Å². The molecule has 0 bridgehead atoms. The van der Waals surface area contributed by atoms with Gasteiger partial charge >= 0.3 is 5.97 Å². The third-order valence-corrected chi connectivity index (χ3v) is 5.74. The zero-order valence-corrected chi connectivity index (χ0v) is 19.4. The van der Waals surface area contributed by atoms with Gasteiger partial charge in [-0.25, -0.2) is 4.79 Å². The van der Waals surface area contributed by atoms with Gasteiger partial charge in [-0.2, -0.15) is 0 Å². The number of rotatable bonds is 8. The average Bonchev–Trinajstić information content (AvgIpc) is 3.11. The van der Waals surface area contributed by atoms with E-state index < -0.39 is 30.3 Å². The summed E-state index contributed by atoms with van der Waals surface area (Å²) in [5, 5.41) is 2.68. The lowest BCUT2D eigenvalue weighted by Gasteiger charge is -2.13. The Morgan fingerprint density at radius 1 is 0.914 bits per heavy atom. The molecule has 0 saturated carbocycles. The molecule has 3 amide bonds. The minimum atomic E-state index is -0.760. The van der Waals surface area contributed by atoms with Crippen LogP contribution in [0.4, 0.5) is 5.69 Å². The molecule has 178 valence electrons. The Hall–Kier alpha value is -4.46. The van der Waals surface area contributed by atoms with Crippen molar-refractivity contribution in [1.29, 1.82) is 0 Å². The predicted molar refractivity (Wildman–Crippen MR) is 129 cm³/mol. The van der Waals surface area contributed by atoms with E-state index in [1.54, 1.807) is 19.2 Å². The number of nitrogens with zero attached hydrogens (tertiary/aromatic N) is 1. The molecule has 4 rings (SSSR count). The molecule has 0 aliphatic carbocycles. The number of hydrogen-bond acceptors (Lipinski definition) is 6. The van der Waals surface area contributed by atoms with Crippen molar-refractivity contribution in [3.63, 3.8) is 0 Å². The summed E-state index contributed by atoms with van der Waals surface area (Å²) >= 11 is 0. The number of nitrogens with one attached hydrogen (secondary N) is 1. The number of imide groups is 1. The second kappa shape index (κ2) is 10.2. The van der Waals surface area contributed by atoms with Crippen molar-refractivity contribution in [3.8, 4) is 5.75 Å². The van der Waals surface area contributed by atoms with Gasteiger partial charge in [-0.05, 0) is 60.9 Å². The molecule has 0 unspecified atom stereocenters. The Morgan fingerprint density at radius 3 is 2.34 bits per heavy atom. The number of esters is 1. The van der Waals surface area contributed by atoms with Crippen LogP contribution in [0.2, 0.25) is 0 Å². The summed E-state index contributed by atoms with van der Waals surface area (Å²) in [5.41, 5.74) is 2.93. The summed E-state index contributed by atoms with van der Waals surface area (Å²) in [6, 6.07) is 18.8. The van der Waals surface area contributed by atoms with E-state index in [4.69, 9.17) is 9.47 Å². The van der Waals surface area contributed by atoms with Gasteiger partial charge in [0.15, 0.2) is 6.61 Å². The summed E-state index contributed by atoms with van der Waals surface area (Å²) in [6.45, 7) is 1.58. The van der Waals surface area contributed by atoms with Gasteiger partial charge in [-0.3, -0.25) is 19.3 Å². The van der Waals surface area contributed by atoms with Crippen LogP contribution in [-0.4, -0.2) is 48.9 Å². The molecular weight excluding hydrogens is 448 g/mol. The zero-order valence-electron chi connectivity index (χ0n) is 19.4. The number of para-hydroxylation sites is 1. The lowest BCUT2D eigenvalue weighted by Crippen LogP contribution is -2.31. The first-order chi connectivity index (χ1) is 16.9. The Bertz CT molecular complexity index is 1300. The topological polar surface area (TPSA) is 102 Å². The van der Waals surface area contributed by atoms with Crippen molar-refractivity contribution >= 4 is 29.4 Å². The number of benzene rings is 3. The molecule has 1 aliphatic heterocycles. The van der Waals surface area contributed by atoms with Crippen molar-refractivity contribution < 1.29 is 28.7 Å². The largest absolute Gasteiger partial charge is 0.497 e. The normalized spacial score (nSPS) is 12.3. The van der Waals surface area contributed by atoms with Crippen molar-refractivity contribution in [1.82, 2.24) is 4.90 Å². The molecule has 8 heteroatoms. The number of carbonyl (C=O) groups excluding carboxylic acids is 4. The van der Waals surface area contributed by atoms with Crippen LogP contribution < -0.4 is 10.1 Å². The van der Waals surface area contributed by atoms with Crippen LogP contribution in [0, 0.1) is 6.92 Å². The lowest BCUT2D eigenvalue weighted by atomic mass is 10.1. The molecule has 0 saturated heterocycles. The molecule has 1 N–H and O–H groups in total. The number of amides is 3. The van der Waals surface area contributed by atoms with E-state index >= 15 is 0 Å². The highest BCUT2D eigenvalue weighted by molar-refractivity contribution is 6.22. The van der Waals surface area contributed by atoms with Crippen molar-refractivity contribution in [3.05, 3.63) is 94.5 Å². The van der Waals surface area contributed by atoms with Gasteiger partial charge in [-0.15, -0.1) is 0 Å². The fourth-order valence-electron chi connectivity index (χ4n) is 3.77. The first-order valence-electron chi connectivity index (χ1n) is 11.0. The Morgan fingerprint density at radius 2 is 1.63 bits per heavy atom. The van der Waals surface area contributed by atoms with Gasteiger partial charge in [0.05, 0.1) is 23.8 Å². The van der Waals surface area contributed by atoms with E-state index in [0.717, 1.165) is 16.9 Å². The Kier molecular flexibility index (Phi) is 6.91. The molecule has 0 atom stereocenters. The number of fused-ring (bicyclic) bond motifs is 1. The molecule has 0 aromatic heterocycles. The molecule has 3 aromatic carbocycles. The second-order valence-corrected chi connectivity index (χ2v) is 8.06. The SMILES string of the molecule is COc1ccc(CCN2C(=O)c3ccc(C(=O)OCC(=O)Nc4ccccc4C)cc3C2=O)cc1. The van der Waals surface area contributed by atoms with Crippen LogP contribution in [0.25, 0.3) is 0 Å². The van der Waals surface area contributed by atoms with Crippen molar-refractivity contribution in [2.45, 2.75) is 13.3 Å². The van der Waals surface area contributed by atoms with Gasteiger partial charge < -0.3 is 14.8 Å². The standard InChI is InChI=1S/C27H24N2O6/c1-17-5-3-4-6-23(17)28-24(30)16-35-27(33)19-9-12-21-22(15-19)26(32)29(25(21)31)14-13-18-7-10-20(34-2)11-8-18/h3-12,15H,13-14,16H2,1-2H3,(H,28,30). The van der Waals surface area contributed by atoms with Crippen LogP contribution >= 0.6 is 0 Å². The van der Waals surface area contributed by atoms with Crippen molar-refractivity contribution in [2.75, 3.05) is 25.6 Å². The minimum absolute atomic E-state index is 0.0885. The second-order valence-electron chi connectivity index (χ2n) is 8.06. The smallest absolute Gasteiger partial charge is 0.338 e. The van der Waals surface area contributed by atoms with E-state index in [0.29, 0.717) is 12.1 Å². The molecule has 8 nitrogen and oxygen atoms in total. The number of aryl methyl sites for hydroxylation is 1. The molecule has 1 heterocycles. The Balaban J connectivity index is 1.37. The van der Waals surface area contributed by atoms with Crippen molar-refractivity contribution in [2.24, 2.45) is 0 Å². The highest BCUT2D eigenvalue weighted by Crippen LogP contribution is 2.25. The predicted octanol–water partition coefficient (Wildman–Crippen LogP) is 3.64. The summed E-state index contributed by atoms with van der Waals surface area (Å²) in [6.07, 6.45) is 0.486. The highest BCUT2D eigenvalue weighted by atomic mass is 16.5. The van der Waals surface area contributed by atoms with E-state index in [1.165, 1.54) is 23.1 Å². The number of anilines is 1. The molecule has 0 fully saturated rings. The van der Waals surface area contributed by atoms with Crippen LogP contribution in [0.3, 0.4) is 0 Å². The van der Waals surface area contributed by atoms with E-state index in [1.807, 2.05) is 43.3 Å². The molecular formula is C27H24N2O6. The number of hydrogen-bond donors (Lipinski definition) is 1. The molecule has 0 radical (unpaired) electrons. The quantitative estimate of drug-likeness (QED) is 0.397. The number of methoxy groups -OCH3 is 1. The summed E-state index contributed by atoms with van der Waals surface area (Å²) in [7, 11) is 1.58. The van der Waals surface area contributed by atoms with Gasteiger partial charge in [0.1, 0.15) is 5.75 Å². The summed E-state index contributed by atoms with van der Waals surface area (Å²) in [4.78, 5) is 51.4.